The lowest BCUT2D eigenvalue weighted by molar-refractivity contribution is 0.0950. The Bertz CT molecular complexity index is 700. The molecule has 0 atom stereocenters. The summed E-state index contributed by atoms with van der Waals surface area (Å²) in [5.41, 5.74) is 2.66. The minimum atomic E-state index is -0.0942. The fourth-order valence-electron chi connectivity index (χ4n) is 2.12. The number of benzene rings is 2. The average molecular weight is 348 g/mol. The first-order valence-corrected chi connectivity index (χ1v) is 7.35. The number of hydrogen-bond acceptors (Lipinski definition) is 3. The van der Waals surface area contributed by atoms with Crippen molar-refractivity contribution in [1.82, 2.24) is 5.32 Å². The summed E-state index contributed by atoms with van der Waals surface area (Å²) >= 11 is 3.43. The Morgan fingerprint density at radius 1 is 1.19 bits per heavy atom. The van der Waals surface area contributed by atoms with Gasteiger partial charge in [0.05, 0.1) is 0 Å². The van der Waals surface area contributed by atoms with Crippen LogP contribution in [-0.2, 0) is 6.54 Å². The highest BCUT2D eigenvalue weighted by atomic mass is 79.9. The van der Waals surface area contributed by atoms with Crippen molar-refractivity contribution in [2.75, 3.05) is 6.79 Å². The van der Waals surface area contributed by atoms with Crippen molar-refractivity contribution in [2.45, 2.75) is 13.5 Å². The lowest BCUT2D eigenvalue weighted by Crippen LogP contribution is -2.22. The highest BCUT2D eigenvalue weighted by molar-refractivity contribution is 9.10. The molecule has 1 amide bonds. The Morgan fingerprint density at radius 3 is 2.81 bits per heavy atom. The van der Waals surface area contributed by atoms with E-state index in [2.05, 4.69) is 21.2 Å². The van der Waals surface area contributed by atoms with Crippen LogP contribution in [0.2, 0.25) is 0 Å². The molecule has 5 heteroatoms. The van der Waals surface area contributed by atoms with Gasteiger partial charge in [0, 0.05) is 16.6 Å². The Hall–Kier alpha value is -2.01. The van der Waals surface area contributed by atoms with E-state index in [9.17, 15) is 4.79 Å². The maximum atomic E-state index is 12.1. The first-order valence-electron chi connectivity index (χ1n) is 6.56. The van der Waals surface area contributed by atoms with E-state index in [0.717, 1.165) is 27.1 Å². The van der Waals surface area contributed by atoms with E-state index in [0.29, 0.717) is 12.1 Å². The molecule has 4 nitrogen and oxygen atoms in total. The van der Waals surface area contributed by atoms with Gasteiger partial charge in [-0.25, -0.2) is 0 Å². The second-order valence-corrected chi connectivity index (χ2v) is 5.69. The quantitative estimate of drug-likeness (QED) is 0.925. The smallest absolute Gasteiger partial charge is 0.251 e. The normalized spacial score (nSPS) is 12.3. The molecule has 0 radical (unpaired) electrons. The van der Waals surface area contributed by atoms with Gasteiger partial charge in [0.25, 0.3) is 5.91 Å². The number of amides is 1. The summed E-state index contributed by atoms with van der Waals surface area (Å²) in [4.78, 5) is 12.1. The number of halogens is 1. The van der Waals surface area contributed by atoms with Gasteiger partial charge < -0.3 is 14.8 Å². The molecule has 21 heavy (non-hydrogen) atoms. The van der Waals surface area contributed by atoms with Gasteiger partial charge in [0.1, 0.15) is 0 Å². The minimum absolute atomic E-state index is 0.0942. The highest BCUT2D eigenvalue weighted by Crippen LogP contribution is 2.32. The Labute approximate surface area is 131 Å². The first kappa shape index (κ1) is 13.9. The number of carbonyl (C=O) groups is 1. The topological polar surface area (TPSA) is 47.6 Å². The van der Waals surface area contributed by atoms with Crippen molar-refractivity contribution in [3.8, 4) is 11.5 Å². The zero-order chi connectivity index (χ0) is 14.8. The third kappa shape index (κ3) is 3.03. The standard InChI is InChI=1S/C16H14BrNO3/c1-10-6-12(3-4-13(10)17)16(19)18-8-11-2-5-14-15(7-11)21-9-20-14/h2-7H,8-9H2,1H3,(H,18,19). The fraction of sp³-hybridized carbons (Fsp3) is 0.188. The van der Waals surface area contributed by atoms with Crippen LogP contribution < -0.4 is 14.8 Å². The van der Waals surface area contributed by atoms with Crippen LogP contribution in [0.3, 0.4) is 0 Å². The SMILES string of the molecule is Cc1cc(C(=O)NCc2ccc3c(c2)OCO3)ccc1Br. The number of fused-ring (bicyclic) bond motifs is 1. The molecular weight excluding hydrogens is 334 g/mol. The monoisotopic (exact) mass is 347 g/mol. The number of carbonyl (C=O) groups excluding carboxylic acids is 1. The van der Waals surface area contributed by atoms with E-state index in [1.54, 1.807) is 6.07 Å². The molecule has 0 unspecified atom stereocenters. The summed E-state index contributed by atoms with van der Waals surface area (Å²) in [6.07, 6.45) is 0. The van der Waals surface area contributed by atoms with E-state index < -0.39 is 0 Å². The molecule has 0 saturated carbocycles. The molecule has 1 N–H and O–H groups in total. The van der Waals surface area contributed by atoms with Gasteiger partial charge in [-0.1, -0.05) is 22.0 Å². The van der Waals surface area contributed by atoms with Crippen molar-refractivity contribution in [1.29, 1.82) is 0 Å². The minimum Gasteiger partial charge on any atom is -0.454 e. The number of nitrogens with one attached hydrogen (secondary N) is 1. The molecule has 2 aromatic carbocycles. The largest absolute Gasteiger partial charge is 0.454 e. The van der Waals surface area contributed by atoms with Crippen LogP contribution in [-0.4, -0.2) is 12.7 Å². The van der Waals surface area contributed by atoms with Crippen LogP contribution >= 0.6 is 15.9 Å². The van der Waals surface area contributed by atoms with Crippen molar-refractivity contribution in [3.05, 3.63) is 57.6 Å². The van der Waals surface area contributed by atoms with Crippen LogP contribution in [0.15, 0.2) is 40.9 Å². The van der Waals surface area contributed by atoms with Gasteiger partial charge >= 0.3 is 0 Å². The molecule has 0 fully saturated rings. The predicted octanol–water partition coefficient (Wildman–Crippen LogP) is 3.42. The van der Waals surface area contributed by atoms with Gasteiger partial charge in [0.2, 0.25) is 6.79 Å². The maximum Gasteiger partial charge on any atom is 0.251 e. The summed E-state index contributed by atoms with van der Waals surface area (Å²) in [7, 11) is 0. The van der Waals surface area contributed by atoms with Crippen LogP contribution in [0.25, 0.3) is 0 Å². The molecule has 0 aliphatic carbocycles. The summed E-state index contributed by atoms with van der Waals surface area (Å²) < 4.78 is 11.6. The molecule has 0 aromatic heterocycles. The molecule has 1 aliphatic heterocycles. The third-order valence-electron chi connectivity index (χ3n) is 3.31. The third-order valence-corrected chi connectivity index (χ3v) is 4.20. The number of ether oxygens (including phenoxy) is 2. The van der Waals surface area contributed by atoms with Gasteiger partial charge in [-0.05, 0) is 48.4 Å². The molecule has 0 saturated heterocycles. The molecule has 3 rings (SSSR count). The molecular formula is C16H14BrNO3. The Balaban J connectivity index is 1.67. The molecule has 108 valence electrons. The molecule has 0 bridgehead atoms. The van der Waals surface area contributed by atoms with Crippen LogP contribution in [0, 0.1) is 6.92 Å². The average Bonchev–Trinajstić information content (AvgIpc) is 2.95. The van der Waals surface area contributed by atoms with E-state index >= 15 is 0 Å². The van der Waals surface area contributed by atoms with Gasteiger partial charge in [-0.3, -0.25) is 4.79 Å². The van der Waals surface area contributed by atoms with Crippen molar-refractivity contribution < 1.29 is 14.3 Å². The summed E-state index contributed by atoms with van der Waals surface area (Å²) in [5.74, 6) is 1.37. The highest BCUT2D eigenvalue weighted by Gasteiger charge is 2.13. The zero-order valence-electron chi connectivity index (χ0n) is 11.5. The lowest BCUT2D eigenvalue weighted by atomic mass is 10.1. The van der Waals surface area contributed by atoms with Gasteiger partial charge in [0.15, 0.2) is 11.5 Å². The van der Waals surface area contributed by atoms with E-state index in [-0.39, 0.29) is 12.7 Å². The Kier molecular flexibility index (Phi) is 3.84. The number of aryl methyl sites for hydroxylation is 1. The van der Waals surface area contributed by atoms with Gasteiger partial charge in [-0.2, -0.15) is 0 Å². The summed E-state index contributed by atoms with van der Waals surface area (Å²) in [5, 5.41) is 2.90. The summed E-state index contributed by atoms with van der Waals surface area (Å²) in [6, 6.07) is 11.2. The van der Waals surface area contributed by atoms with E-state index in [1.165, 1.54) is 0 Å². The number of rotatable bonds is 3. The van der Waals surface area contributed by atoms with Crippen LogP contribution in [0.5, 0.6) is 11.5 Å². The number of hydrogen-bond donors (Lipinski definition) is 1. The van der Waals surface area contributed by atoms with Crippen LogP contribution in [0.4, 0.5) is 0 Å². The maximum absolute atomic E-state index is 12.1. The van der Waals surface area contributed by atoms with Crippen molar-refractivity contribution >= 4 is 21.8 Å². The van der Waals surface area contributed by atoms with Gasteiger partial charge in [-0.15, -0.1) is 0 Å². The molecule has 1 aliphatic rings. The predicted molar refractivity (Wildman–Crippen MR) is 82.6 cm³/mol. The van der Waals surface area contributed by atoms with Crippen LogP contribution in [0.1, 0.15) is 21.5 Å². The molecule has 2 aromatic rings. The van der Waals surface area contributed by atoms with E-state index in [4.69, 9.17) is 9.47 Å². The second kappa shape index (κ2) is 5.77. The molecule has 0 spiro atoms. The lowest BCUT2D eigenvalue weighted by Gasteiger charge is -2.07. The zero-order valence-corrected chi connectivity index (χ0v) is 13.1. The first-order chi connectivity index (χ1) is 10.1. The van der Waals surface area contributed by atoms with E-state index in [1.807, 2.05) is 37.3 Å². The molecule has 1 heterocycles. The summed E-state index contributed by atoms with van der Waals surface area (Å²) in [6.45, 7) is 2.66. The van der Waals surface area contributed by atoms with Crippen molar-refractivity contribution in [2.24, 2.45) is 0 Å². The second-order valence-electron chi connectivity index (χ2n) is 4.83. The Morgan fingerprint density at radius 2 is 2.00 bits per heavy atom. The van der Waals surface area contributed by atoms with Crippen molar-refractivity contribution in [3.63, 3.8) is 0 Å². The fourth-order valence-corrected chi connectivity index (χ4v) is 2.37.